The Labute approximate surface area is 59.4 Å². The number of pyridine rings is 1. The topological polar surface area (TPSA) is 64.5 Å². The maximum Gasteiger partial charge on any atom is 0.289 e. The van der Waals surface area contributed by atoms with Gasteiger partial charge >= 0.3 is 0 Å². The van der Waals surface area contributed by atoms with Crippen LogP contribution in [0.15, 0.2) is 18.3 Å². The molecule has 4 N–H and O–H groups in total. The fraction of sp³-hybridized carbons (Fsp3) is 0.143. The highest BCUT2D eigenvalue weighted by Gasteiger charge is 2.00. The number of nitrogens with zero attached hydrogens (tertiary/aromatic N) is 1. The first-order valence-corrected chi connectivity index (χ1v) is 3.01. The van der Waals surface area contributed by atoms with Crippen LogP contribution in [0, 0.1) is 6.92 Å². The number of amidine groups is 1. The first-order valence-electron chi connectivity index (χ1n) is 3.01. The minimum Gasteiger partial charge on any atom is -0.286 e. The lowest BCUT2D eigenvalue weighted by molar-refractivity contribution is -0.114. The van der Waals surface area contributed by atoms with Crippen molar-refractivity contribution in [3.63, 3.8) is 0 Å². The molecule has 0 aliphatic carbocycles. The zero-order valence-electron chi connectivity index (χ0n) is 5.83. The van der Waals surface area contributed by atoms with Gasteiger partial charge in [0.15, 0.2) is 5.69 Å². The summed E-state index contributed by atoms with van der Waals surface area (Å²) in [6.45, 7) is 1.97. The molecule has 1 heterocycles. The summed E-state index contributed by atoms with van der Waals surface area (Å²) in [5, 5.41) is 5.31. The van der Waals surface area contributed by atoms with Gasteiger partial charge in [0.05, 0.1) is 0 Å². The number of rotatable bonds is 1. The highest BCUT2D eigenvalue weighted by atomic mass is 14.8. The third-order valence-corrected chi connectivity index (χ3v) is 1.21. The molecular formula is C7H10N3+. The second-order valence-corrected chi connectivity index (χ2v) is 2.17. The summed E-state index contributed by atoms with van der Waals surface area (Å²) >= 11 is 0. The molecule has 0 radical (unpaired) electrons. The summed E-state index contributed by atoms with van der Waals surface area (Å²) in [5.41, 5.74) is 7.08. The largest absolute Gasteiger partial charge is 0.289 e. The van der Waals surface area contributed by atoms with Gasteiger partial charge in [-0.2, -0.15) is 0 Å². The summed E-state index contributed by atoms with van der Waals surface area (Å²) in [4.78, 5) is 3.95. The van der Waals surface area contributed by atoms with Crippen molar-refractivity contribution in [1.29, 1.82) is 0 Å². The molecule has 0 fully saturated rings. The number of nitrogens with two attached hydrogens (primary N) is 2. The fourth-order valence-electron chi connectivity index (χ4n) is 0.694. The molecule has 1 rings (SSSR count). The Bertz CT molecular complexity index is 255. The van der Waals surface area contributed by atoms with Gasteiger partial charge in [0, 0.05) is 6.20 Å². The molecule has 0 aromatic carbocycles. The summed E-state index contributed by atoms with van der Waals surface area (Å²) in [5.74, 6) is 0.267. The van der Waals surface area contributed by atoms with E-state index in [2.05, 4.69) is 4.98 Å². The monoisotopic (exact) mass is 136 g/mol. The Morgan fingerprint density at radius 3 is 2.80 bits per heavy atom. The molecule has 1 aromatic rings. The van der Waals surface area contributed by atoms with E-state index in [1.165, 1.54) is 0 Å². The molecule has 0 saturated heterocycles. The standard InChI is InChI=1S/C7H9N3/c1-5-2-3-10-6(4-5)7(8)9/h2-4H,1H3,(H3,8,9)/p+1. The molecule has 0 aliphatic rings. The first kappa shape index (κ1) is 6.74. The number of aromatic nitrogens is 1. The zero-order chi connectivity index (χ0) is 7.56. The van der Waals surface area contributed by atoms with E-state index in [9.17, 15) is 0 Å². The van der Waals surface area contributed by atoms with Gasteiger partial charge in [-0.3, -0.25) is 11.1 Å². The van der Waals surface area contributed by atoms with E-state index in [-0.39, 0.29) is 5.84 Å². The molecule has 52 valence electrons. The smallest absolute Gasteiger partial charge is 0.286 e. The molecule has 0 saturated carbocycles. The quantitative estimate of drug-likeness (QED) is 0.378. The van der Waals surface area contributed by atoms with Crippen LogP contribution in [0.5, 0.6) is 0 Å². The van der Waals surface area contributed by atoms with Crippen LogP contribution < -0.4 is 11.1 Å². The van der Waals surface area contributed by atoms with E-state index in [1.807, 2.05) is 19.1 Å². The van der Waals surface area contributed by atoms with E-state index >= 15 is 0 Å². The Balaban J connectivity index is 3.07. The minimum atomic E-state index is 0.267. The van der Waals surface area contributed by atoms with Gasteiger partial charge in [-0.05, 0) is 24.6 Å². The Morgan fingerprint density at radius 2 is 2.40 bits per heavy atom. The molecule has 1 aromatic heterocycles. The van der Waals surface area contributed by atoms with Gasteiger partial charge in [-0.25, -0.2) is 4.98 Å². The van der Waals surface area contributed by atoms with Crippen LogP contribution in [-0.2, 0) is 0 Å². The van der Waals surface area contributed by atoms with Crippen molar-refractivity contribution in [2.75, 3.05) is 0 Å². The van der Waals surface area contributed by atoms with Gasteiger partial charge < -0.3 is 0 Å². The van der Waals surface area contributed by atoms with Crippen molar-refractivity contribution >= 4 is 5.84 Å². The van der Waals surface area contributed by atoms with Crippen LogP contribution in [0.1, 0.15) is 11.3 Å². The SMILES string of the molecule is Cc1ccnc(C(N)=[NH2+])c1. The zero-order valence-corrected chi connectivity index (χ0v) is 5.83. The number of hydrogen-bond acceptors (Lipinski definition) is 1. The van der Waals surface area contributed by atoms with E-state index in [4.69, 9.17) is 11.1 Å². The van der Waals surface area contributed by atoms with Crippen molar-refractivity contribution in [3.8, 4) is 0 Å². The van der Waals surface area contributed by atoms with E-state index in [1.54, 1.807) is 6.20 Å². The normalized spacial score (nSPS) is 9.30. The molecule has 3 nitrogen and oxygen atoms in total. The van der Waals surface area contributed by atoms with Gasteiger partial charge in [0.2, 0.25) is 0 Å². The predicted octanol–water partition coefficient (Wildman–Crippen LogP) is -1.15. The second kappa shape index (κ2) is 2.47. The third kappa shape index (κ3) is 1.31. The highest BCUT2D eigenvalue weighted by Crippen LogP contribution is 1.96. The predicted molar refractivity (Wildman–Crippen MR) is 39.2 cm³/mol. The van der Waals surface area contributed by atoms with Gasteiger partial charge in [-0.15, -0.1) is 0 Å². The fourth-order valence-corrected chi connectivity index (χ4v) is 0.694. The summed E-state index contributed by atoms with van der Waals surface area (Å²) in [6.07, 6.45) is 1.68. The van der Waals surface area contributed by atoms with Gasteiger partial charge in [-0.1, -0.05) is 0 Å². The summed E-state index contributed by atoms with van der Waals surface area (Å²) in [6, 6.07) is 3.74. The molecule has 10 heavy (non-hydrogen) atoms. The van der Waals surface area contributed by atoms with Crippen molar-refractivity contribution in [3.05, 3.63) is 29.6 Å². The molecule has 0 bridgehead atoms. The van der Waals surface area contributed by atoms with Crippen LogP contribution in [0.2, 0.25) is 0 Å². The summed E-state index contributed by atoms with van der Waals surface area (Å²) in [7, 11) is 0. The van der Waals surface area contributed by atoms with Crippen molar-refractivity contribution in [2.45, 2.75) is 6.92 Å². The molecular weight excluding hydrogens is 126 g/mol. The van der Waals surface area contributed by atoms with E-state index in [0.717, 1.165) is 5.56 Å². The molecule has 0 unspecified atom stereocenters. The first-order chi connectivity index (χ1) is 4.70. The lowest BCUT2D eigenvalue weighted by atomic mass is 10.2. The highest BCUT2D eigenvalue weighted by molar-refractivity contribution is 5.90. The van der Waals surface area contributed by atoms with Crippen LogP contribution in [0.3, 0.4) is 0 Å². The molecule has 0 aliphatic heterocycles. The second-order valence-electron chi connectivity index (χ2n) is 2.17. The van der Waals surface area contributed by atoms with Crippen LogP contribution in [-0.4, -0.2) is 10.8 Å². The lowest BCUT2D eigenvalue weighted by Gasteiger charge is -1.92. The third-order valence-electron chi connectivity index (χ3n) is 1.21. The maximum absolute atomic E-state index is 5.31. The molecule has 3 heteroatoms. The number of aryl methyl sites for hydroxylation is 1. The van der Waals surface area contributed by atoms with E-state index < -0.39 is 0 Å². The maximum atomic E-state index is 5.31. The van der Waals surface area contributed by atoms with Gasteiger partial charge in [0.25, 0.3) is 5.84 Å². The van der Waals surface area contributed by atoms with Crippen LogP contribution in [0.25, 0.3) is 0 Å². The Kier molecular flexibility index (Phi) is 1.67. The Morgan fingerprint density at radius 1 is 1.70 bits per heavy atom. The molecule has 0 spiro atoms. The van der Waals surface area contributed by atoms with Crippen molar-refractivity contribution in [1.82, 2.24) is 4.98 Å². The molecule has 0 atom stereocenters. The average molecular weight is 136 g/mol. The average Bonchev–Trinajstić information content (AvgIpc) is 1.88. The number of hydrogen-bond donors (Lipinski definition) is 2. The molecule has 0 amide bonds. The lowest BCUT2D eigenvalue weighted by Crippen LogP contribution is -2.46. The Hall–Kier alpha value is -1.38. The van der Waals surface area contributed by atoms with Crippen LogP contribution in [0.4, 0.5) is 0 Å². The van der Waals surface area contributed by atoms with E-state index in [0.29, 0.717) is 5.69 Å². The van der Waals surface area contributed by atoms with Gasteiger partial charge in [0.1, 0.15) is 0 Å². The van der Waals surface area contributed by atoms with Crippen molar-refractivity contribution in [2.24, 2.45) is 5.73 Å². The van der Waals surface area contributed by atoms with Crippen LogP contribution >= 0.6 is 0 Å². The van der Waals surface area contributed by atoms with Crippen molar-refractivity contribution < 1.29 is 5.41 Å². The minimum absolute atomic E-state index is 0.267. The summed E-state index contributed by atoms with van der Waals surface area (Å²) < 4.78 is 0.